The van der Waals surface area contributed by atoms with Gasteiger partial charge in [-0.3, -0.25) is 0 Å². The average molecular weight is 230 g/mol. The van der Waals surface area contributed by atoms with Crippen molar-refractivity contribution in [1.29, 1.82) is 0 Å². The molecule has 1 heterocycles. The lowest BCUT2D eigenvalue weighted by Crippen LogP contribution is -2.00. The minimum Gasteiger partial charge on any atom is -0.494 e. The zero-order valence-electron chi connectivity index (χ0n) is 10.4. The number of hydrogen-bond acceptors (Lipinski definition) is 3. The average Bonchev–Trinajstić information content (AvgIpc) is 2.37. The lowest BCUT2D eigenvalue weighted by Gasteiger charge is -2.09. The Morgan fingerprint density at radius 2 is 2.12 bits per heavy atom. The summed E-state index contributed by atoms with van der Waals surface area (Å²) < 4.78 is 5.64. The van der Waals surface area contributed by atoms with Gasteiger partial charge in [0.05, 0.1) is 6.61 Å². The third kappa shape index (κ3) is 2.67. The molecule has 0 spiro atoms. The van der Waals surface area contributed by atoms with Crippen molar-refractivity contribution in [1.82, 2.24) is 4.98 Å². The van der Waals surface area contributed by atoms with Crippen molar-refractivity contribution in [2.45, 2.75) is 20.3 Å². The van der Waals surface area contributed by atoms with E-state index in [1.807, 2.05) is 18.3 Å². The van der Waals surface area contributed by atoms with Gasteiger partial charge >= 0.3 is 0 Å². The number of fused-ring (bicyclic) bond motifs is 1. The lowest BCUT2D eigenvalue weighted by molar-refractivity contribution is 0.318. The van der Waals surface area contributed by atoms with E-state index in [4.69, 9.17) is 4.74 Å². The number of nitrogens with one attached hydrogen (secondary N) is 1. The molecule has 0 aliphatic rings. The molecule has 2 aromatic rings. The first-order valence-electron chi connectivity index (χ1n) is 6.10. The van der Waals surface area contributed by atoms with Gasteiger partial charge in [-0.15, -0.1) is 0 Å². The largest absolute Gasteiger partial charge is 0.494 e. The van der Waals surface area contributed by atoms with Crippen LogP contribution in [-0.2, 0) is 0 Å². The van der Waals surface area contributed by atoms with Crippen molar-refractivity contribution in [3.8, 4) is 5.75 Å². The highest BCUT2D eigenvalue weighted by molar-refractivity contribution is 5.92. The zero-order chi connectivity index (χ0) is 12.1. The first-order chi connectivity index (χ1) is 8.35. The van der Waals surface area contributed by atoms with E-state index < -0.39 is 0 Å². The summed E-state index contributed by atoms with van der Waals surface area (Å²) in [5.41, 5.74) is 0. The molecule has 0 aliphatic heterocycles. The minimum absolute atomic E-state index is 0.752. The minimum atomic E-state index is 0.752. The standard InChI is InChI=1S/C14H18N2O/c1-3-9-17-12-6-5-11-7-8-16-14(15-4-2)13(11)10-12/h5-8,10H,3-4,9H2,1-2H3,(H,15,16). The monoisotopic (exact) mass is 230 g/mol. The van der Waals surface area contributed by atoms with Crippen molar-refractivity contribution in [3.63, 3.8) is 0 Å². The molecule has 90 valence electrons. The Hall–Kier alpha value is -1.77. The van der Waals surface area contributed by atoms with Crippen molar-refractivity contribution in [2.75, 3.05) is 18.5 Å². The second kappa shape index (κ2) is 5.53. The maximum Gasteiger partial charge on any atom is 0.133 e. The summed E-state index contributed by atoms with van der Waals surface area (Å²) in [6.07, 6.45) is 2.85. The van der Waals surface area contributed by atoms with Gasteiger partial charge in [0.25, 0.3) is 0 Å². The van der Waals surface area contributed by atoms with Crippen LogP contribution in [0.3, 0.4) is 0 Å². The SMILES string of the molecule is CCCOc1ccc2ccnc(NCC)c2c1. The number of hydrogen-bond donors (Lipinski definition) is 1. The Kier molecular flexibility index (Phi) is 3.81. The summed E-state index contributed by atoms with van der Waals surface area (Å²) >= 11 is 0. The zero-order valence-corrected chi connectivity index (χ0v) is 10.4. The fraction of sp³-hybridized carbons (Fsp3) is 0.357. The molecule has 0 saturated heterocycles. The molecule has 1 N–H and O–H groups in total. The fourth-order valence-electron chi connectivity index (χ4n) is 1.77. The van der Waals surface area contributed by atoms with Crippen molar-refractivity contribution in [2.24, 2.45) is 0 Å². The smallest absolute Gasteiger partial charge is 0.133 e. The van der Waals surface area contributed by atoms with Gasteiger partial charge in [0, 0.05) is 18.1 Å². The van der Waals surface area contributed by atoms with Gasteiger partial charge in [-0.1, -0.05) is 13.0 Å². The van der Waals surface area contributed by atoms with E-state index in [0.29, 0.717) is 0 Å². The highest BCUT2D eigenvalue weighted by atomic mass is 16.5. The van der Waals surface area contributed by atoms with Crippen molar-refractivity contribution >= 4 is 16.6 Å². The van der Waals surface area contributed by atoms with Crippen LogP contribution in [0.5, 0.6) is 5.75 Å². The summed E-state index contributed by atoms with van der Waals surface area (Å²) in [4.78, 5) is 4.35. The molecular formula is C14H18N2O. The highest BCUT2D eigenvalue weighted by Gasteiger charge is 2.03. The molecule has 0 amide bonds. The normalized spacial score (nSPS) is 10.5. The summed E-state index contributed by atoms with van der Waals surface area (Å²) in [6, 6.07) is 8.15. The van der Waals surface area contributed by atoms with Gasteiger partial charge in [-0.2, -0.15) is 0 Å². The Balaban J connectivity index is 2.38. The van der Waals surface area contributed by atoms with Crippen LogP contribution in [-0.4, -0.2) is 18.1 Å². The molecule has 0 aliphatic carbocycles. The summed E-state index contributed by atoms with van der Waals surface area (Å²) in [5, 5.41) is 5.56. The maximum atomic E-state index is 5.64. The van der Waals surface area contributed by atoms with E-state index in [2.05, 4.69) is 36.3 Å². The van der Waals surface area contributed by atoms with Crippen molar-refractivity contribution in [3.05, 3.63) is 30.5 Å². The molecule has 0 atom stereocenters. The lowest BCUT2D eigenvalue weighted by atomic mass is 10.1. The molecule has 1 aromatic heterocycles. The van der Waals surface area contributed by atoms with Crippen LogP contribution in [0.2, 0.25) is 0 Å². The first-order valence-corrected chi connectivity index (χ1v) is 6.10. The van der Waals surface area contributed by atoms with Gasteiger partial charge in [0.1, 0.15) is 11.6 Å². The number of pyridine rings is 1. The Morgan fingerprint density at radius 1 is 1.24 bits per heavy atom. The topological polar surface area (TPSA) is 34.1 Å². The van der Waals surface area contributed by atoms with Crippen LogP contribution in [0.25, 0.3) is 10.8 Å². The molecular weight excluding hydrogens is 212 g/mol. The van der Waals surface area contributed by atoms with Gasteiger partial charge in [-0.05, 0) is 36.9 Å². The third-order valence-electron chi connectivity index (χ3n) is 2.55. The molecule has 2 rings (SSSR count). The Labute approximate surface area is 102 Å². The predicted molar refractivity (Wildman–Crippen MR) is 71.7 cm³/mol. The molecule has 0 unspecified atom stereocenters. The van der Waals surface area contributed by atoms with Gasteiger partial charge in [-0.25, -0.2) is 4.98 Å². The quantitative estimate of drug-likeness (QED) is 0.854. The van der Waals surface area contributed by atoms with E-state index in [9.17, 15) is 0 Å². The molecule has 0 fully saturated rings. The number of benzene rings is 1. The van der Waals surface area contributed by atoms with E-state index in [-0.39, 0.29) is 0 Å². The molecule has 3 nitrogen and oxygen atoms in total. The molecule has 0 saturated carbocycles. The summed E-state index contributed by atoms with van der Waals surface area (Å²) in [6.45, 7) is 5.79. The van der Waals surface area contributed by atoms with E-state index in [1.165, 1.54) is 5.39 Å². The van der Waals surface area contributed by atoms with Crippen LogP contribution in [0.15, 0.2) is 30.5 Å². The van der Waals surface area contributed by atoms with Crippen molar-refractivity contribution < 1.29 is 4.74 Å². The summed E-state index contributed by atoms with van der Waals surface area (Å²) in [7, 11) is 0. The van der Waals surface area contributed by atoms with Crippen LogP contribution in [0.4, 0.5) is 5.82 Å². The molecule has 3 heteroatoms. The number of rotatable bonds is 5. The van der Waals surface area contributed by atoms with Crippen LogP contribution in [0.1, 0.15) is 20.3 Å². The number of aromatic nitrogens is 1. The predicted octanol–water partition coefficient (Wildman–Crippen LogP) is 3.46. The second-order valence-electron chi connectivity index (χ2n) is 3.92. The number of anilines is 1. The molecule has 0 bridgehead atoms. The number of nitrogens with zero attached hydrogens (tertiary/aromatic N) is 1. The van der Waals surface area contributed by atoms with Crippen LogP contribution >= 0.6 is 0 Å². The Bertz CT molecular complexity index is 497. The number of ether oxygens (including phenoxy) is 1. The van der Waals surface area contributed by atoms with Gasteiger partial charge in [0.2, 0.25) is 0 Å². The molecule has 0 radical (unpaired) electrons. The fourth-order valence-corrected chi connectivity index (χ4v) is 1.77. The second-order valence-corrected chi connectivity index (χ2v) is 3.92. The first kappa shape index (κ1) is 11.7. The maximum absolute atomic E-state index is 5.64. The summed E-state index contributed by atoms with van der Waals surface area (Å²) in [5.74, 6) is 1.83. The van der Waals surface area contributed by atoms with Gasteiger partial charge < -0.3 is 10.1 Å². The Morgan fingerprint density at radius 3 is 2.88 bits per heavy atom. The molecule has 17 heavy (non-hydrogen) atoms. The van der Waals surface area contributed by atoms with Crippen LogP contribution in [0, 0.1) is 0 Å². The van der Waals surface area contributed by atoms with E-state index >= 15 is 0 Å². The molecule has 1 aromatic carbocycles. The van der Waals surface area contributed by atoms with Crippen LogP contribution < -0.4 is 10.1 Å². The van der Waals surface area contributed by atoms with E-state index in [0.717, 1.165) is 36.5 Å². The third-order valence-corrected chi connectivity index (χ3v) is 2.55. The highest BCUT2D eigenvalue weighted by Crippen LogP contribution is 2.25. The van der Waals surface area contributed by atoms with E-state index in [1.54, 1.807) is 0 Å². The van der Waals surface area contributed by atoms with Gasteiger partial charge in [0.15, 0.2) is 0 Å².